The van der Waals surface area contributed by atoms with Crippen molar-refractivity contribution in [3.63, 3.8) is 0 Å². The van der Waals surface area contributed by atoms with Gasteiger partial charge in [-0.3, -0.25) is 0 Å². The van der Waals surface area contributed by atoms with E-state index in [1.807, 2.05) is 0 Å². The predicted octanol–water partition coefficient (Wildman–Crippen LogP) is 4.03. The molecule has 0 aliphatic rings. The third kappa shape index (κ3) is 4.79. The lowest BCUT2D eigenvalue weighted by atomic mass is 10.1. The summed E-state index contributed by atoms with van der Waals surface area (Å²) in [5.41, 5.74) is 0.482. The number of rotatable bonds is 6. The Balaban J connectivity index is 1.95. The lowest BCUT2D eigenvalue weighted by Crippen LogP contribution is -2.30. The molecular weight excluding hydrogens is 295 g/mol. The van der Waals surface area contributed by atoms with E-state index in [0.29, 0.717) is 17.7 Å². The van der Waals surface area contributed by atoms with Crippen LogP contribution in [0.3, 0.4) is 0 Å². The van der Waals surface area contributed by atoms with E-state index in [1.165, 1.54) is 24.3 Å². The SMILES string of the molecule is CNC(CSc1ccc(F)cc1)Cc1ccc(F)cc1F. The largest absolute Gasteiger partial charge is 0.316 e. The molecule has 2 aromatic rings. The second-order valence-corrected chi connectivity index (χ2v) is 5.78. The van der Waals surface area contributed by atoms with Crippen LogP contribution in [0.25, 0.3) is 0 Å². The molecule has 0 aliphatic carbocycles. The molecule has 0 saturated heterocycles. The number of thioether (sulfide) groups is 1. The first-order chi connectivity index (χ1) is 10.1. The lowest BCUT2D eigenvalue weighted by molar-refractivity contribution is 0.550. The maximum Gasteiger partial charge on any atom is 0.129 e. The number of nitrogens with one attached hydrogen (secondary N) is 1. The normalized spacial score (nSPS) is 12.4. The molecule has 2 aromatic carbocycles. The summed E-state index contributed by atoms with van der Waals surface area (Å²) in [6.07, 6.45) is 0.469. The Labute approximate surface area is 126 Å². The summed E-state index contributed by atoms with van der Waals surface area (Å²) in [5, 5.41) is 3.12. The number of benzene rings is 2. The molecule has 0 saturated carbocycles. The number of hydrogen-bond donors (Lipinski definition) is 1. The van der Waals surface area contributed by atoms with Gasteiger partial charge in [-0.1, -0.05) is 6.07 Å². The summed E-state index contributed by atoms with van der Waals surface area (Å²) >= 11 is 1.56. The monoisotopic (exact) mass is 311 g/mol. The minimum absolute atomic E-state index is 0.0417. The first-order valence-electron chi connectivity index (χ1n) is 6.58. The lowest BCUT2D eigenvalue weighted by Gasteiger charge is -2.16. The van der Waals surface area contributed by atoms with Gasteiger partial charge in [-0.05, 0) is 49.4 Å². The smallest absolute Gasteiger partial charge is 0.129 e. The van der Waals surface area contributed by atoms with Crippen LogP contribution in [0.4, 0.5) is 13.2 Å². The third-order valence-electron chi connectivity index (χ3n) is 3.15. The van der Waals surface area contributed by atoms with Gasteiger partial charge in [-0.25, -0.2) is 13.2 Å². The molecule has 0 amide bonds. The van der Waals surface area contributed by atoms with Gasteiger partial charge >= 0.3 is 0 Å². The molecular formula is C16H16F3NS. The molecule has 5 heteroatoms. The Hall–Kier alpha value is -1.46. The molecule has 0 bridgehead atoms. The van der Waals surface area contributed by atoms with Gasteiger partial charge in [0.05, 0.1) is 0 Å². The van der Waals surface area contributed by atoms with Crippen molar-refractivity contribution >= 4 is 11.8 Å². The summed E-state index contributed by atoms with van der Waals surface area (Å²) in [4.78, 5) is 0.955. The first-order valence-corrected chi connectivity index (χ1v) is 7.56. The van der Waals surface area contributed by atoms with Crippen LogP contribution in [0.2, 0.25) is 0 Å². The van der Waals surface area contributed by atoms with E-state index >= 15 is 0 Å². The molecule has 0 radical (unpaired) electrons. The summed E-state index contributed by atoms with van der Waals surface area (Å²) in [6.45, 7) is 0. The fourth-order valence-electron chi connectivity index (χ4n) is 1.92. The Morgan fingerprint density at radius 3 is 2.29 bits per heavy atom. The Morgan fingerprint density at radius 1 is 1.00 bits per heavy atom. The highest BCUT2D eigenvalue weighted by Crippen LogP contribution is 2.21. The summed E-state index contributed by atoms with van der Waals surface area (Å²) in [6, 6.07) is 9.92. The minimum atomic E-state index is -0.571. The molecule has 112 valence electrons. The van der Waals surface area contributed by atoms with Gasteiger partial charge in [0.25, 0.3) is 0 Å². The fraction of sp³-hybridized carbons (Fsp3) is 0.250. The molecule has 0 spiro atoms. The van der Waals surface area contributed by atoms with Crippen molar-refractivity contribution in [2.24, 2.45) is 0 Å². The first kappa shape index (κ1) is 15.9. The van der Waals surface area contributed by atoms with E-state index in [4.69, 9.17) is 0 Å². The van der Waals surface area contributed by atoms with E-state index in [1.54, 1.807) is 30.9 Å². The van der Waals surface area contributed by atoms with Crippen LogP contribution in [-0.2, 0) is 6.42 Å². The second kappa shape index (κ2) is 7.52. The molecule has 0 aromatic heterocycles. The van der Waals surface area contributed by atoms with Crippen molar-refractivity contribution in [3.05, 3.63) is 65.5 Å². The van der Waals surface area contributed by atoms with E-state index in [2.05, 4.69) is 5.32 Å². The molecule has 0 aliphatic heterocycles. The van der Waals surface area contributed by atoms with Gasteiger partial charge in [-0.15, -0.1) is 11.8 Å². The second-order valence-electron chi connectivity index (χ2n) is 4.69. The Bertz CT molecular complexity index is 587. The standard InChI is InChI=1S/C16H16F3NS/c1-20-14(8-11-2-3-13(18)9-16(11)19)10-21-15-6-4-12(17)5-7-15/h2-7,9,14,20H,8,10H2,1H3. The summed E-state index contributed by atoms with van der Waals surface area (Å²) < 4.78 is 39.3. The topological polar surface area (TPSA) is 12.0 Å². The zero-order chi connectivity index (χ0) is 15.2. The number of hydrogen-bond acceptors (Lipinski definition) is 2. The quantitative estimate of drug-likeness (QED) is 0.809. The fourth-order valence-corrected chi connectivity index (χ4v) is 2.93. The molecule has 2 rings (SSSR count). The highest BCUT2D eigenvalue weighted by Gasteiger charge is 2.12. The Kier molecular flexibility index (Phi) is 5.70. The van der Waals surface area contributed by atoms with Gasteiger partial charge in [0.2, 0.25) is 0 Å². The third-order valence-corrected chi connectivity index (χ3v) is 4.33. The zero-order valence-electron chi connectivity index (χ0n) is 11.6. The van der Waals surface area contributed by atoms with Crippen LogP contribution in [-0.4, -0.2) is 18.8 Å². The average Bonchev–Trinajstić information content (AvgIpc) is 2.47. The van der Waals surface area contributed by atoms with E-state index < -0.39 is 11.6 Å². The predicted molar refractivity (Wildman–Crippen MR) is 80.0 cm³/mol. The highest BCUT2D eigenvalue weighted by molar-refractivity contribution is 7.99. The number of likely N-dealkylation sites (N-methyl/N-ethyl adjacent to an activating group) is 1. The minimum Gasteiger partial charge on any atom is -0.316 e. The van der Waals surface area contributed by atoms with E-state index in [9.17, 15) is 13.2 Å². The Morgan fingerprint density at radius 2 is 1.67 bits per heavy atom. The van der Waals surface area contributed by atoms with Gasteiger partial charge in [0.15, 0.2) is 0 Å². The maximum atomic E-state index is 13.6. The molecule has 1 atom stereocenters. The van der Waals surface area contributed by atoms with Crippen molar-refractivity contribution in [1.82, 2.24) is 5.32 Å². The van der Waals surface area contributed by atoms with Crippen LogP contribution in [0, 0.1) is 17.5 Å². The van der Waals surface area contributed by atoms with Crippen molar-refractivity contribution in [1.29, 1.82) is 0 Å². The maximum absolute atomic E-state index is 13.6. The molecule has 0 fully saturated rings. The van der Waals surface area contributed by atoms with Gasteiger partial charge in [-0.2, -0.15) is 0 Å². The van der Waals surface area contributed by atoms with E-state index in [0.717, 1.165) is 11.0 Å². The molecule has 1 unspecified atom stereocenters. The summed E-state index contributed by atoms with van der Waals surface area (Å²) in [7, 11) is 1.80. The van der Waals surface area contributed by atoms with Crippen molar-refractivity contribution < 1.29 is 13.2 Å². The highest BCUT2D eigenvalue weighted by atomic mass is 32.2. The van der Waals surface area contributed by atoms with Gasteiger partial charge in [0.1, 0.15) is 17.5 Å². The number of halogens is 3. The molecule has 1 N–H and O–H groups in total. The average molecular weight is 311 g/mol. The molecule has 1 nitrogen and oxygen atoms in total. The van der Waals surface area contributed by atoms with Crippen LogP contribution >= 0.6 is 11.8 Å². The van der Waals surface area contributed by atoms with Crippen LogP contribution in [0.15, 0.2) is 47.4 Å². The van der Waals surface area contributed by atoms with Crippen LogP contribution < -0.4 is 5.32 Å². The van der Waals surface area contributed by atoms with Gasteiger partial charge in [0, 0.05) is 22.8 Å². The molecule has 21 heavy (non-hydrogen) atoms. The van der Waals surface area contributed by atoms with Crippen LogP contribution in [0.5, 0.6) is 0 Å². The van der Waals surface area contributed by atoms with Crippen molar-refractivity contribution in [2.45, 2.75) is 17.4 Å². The zero-order valence-corrected chi connectivity index (χ0v) is 12.4. The van der Waals surface area contributed by atoms with E-state index in [-0.39, 0.29) is 11.9 Å². The molecule has 0 heterocycles. The van der Waals surface area contributed by atoms with Crippen LogP contribution in [0.1, 0.15) is 5.56 Å². The summed E-state index contributed by atoms with van der Waals surface area (Å²) in [5.74, 6) is -0.656. The van der Waals surface area contributed by atoms with Gasteiger partial charge < -0.3 is 5.32 Å². The van der Waals surface area contributed by atoms with Crippen molar-refractivity contribution in [3.8, 4) is 0 Å². The van der Waals surface area contributed by atoms with Crippen molar-refractivity contribution in [2.75, 3.05) is 12.8 Å².